The maximum absolute atomic E-state index is 6.08. The van der Waals surface area contributed by atoms with Crippen molar-refractivity contribution in [1.82, 2.24) is 9.55 Å². The molecule has 0 saturated carbocycles. The lowest BCUT2D eigenvalue weighted by atomic mass is 10.2. The van der Waals surface area contributed by atoms with Gasteiger partial charge in [0.2, 0.25) is 0 Å². The predicted octanol–water partition coefficient (Wildman–Crippen LogP) is 2.13. The molecule has 2 aromatic carbocycles. The third-order valence-electron chi connectivity index (χ3n) is 3.24. The van der Waals surface area contributed by atoms with Gasteiger partial charge in [0.15, 0.2) is 0 Å². The Morgan fingerprint density at radius 2 is 1.79 bits per heavy atom. The molecule has 0 aliphatic carbocycles. The van der Waals surface area contributed by atoms with Gasteiger partial charge in [0.1, 0.15) is 5.82 Å². The quantitative estimate of drug-likeness (QED) is 0.701. The van der Waals surface area contributed by atoms with Crippen LogP contribution in [0.2, 0.25) is 0 Å². The molecule has 4 N–H and O–H groups in total. The number of nitrogen functional groups attached to an aromatic ring is 1. The van der Waals surface area contributed by atoms with E-state index in [0.717, 1.165) is 29.1 Å². The van der Waals surface area contributed by atoms with Gasteiger partial charge >= 0.3 is 0 Å². The van der Waals surface area contributed by atoms with Crippen molar-refractivity contribution in [1.29, 1.82) is 0 Å². The second-order valence-electron chi connectivity index (χ2n) is 4.52. The van der Waals surface area contributed by atoms with Gasteiger partial charge in [-0.2, -0.15) is 0 Å². The summed E-state index contributed by atoms with van der Waals surface area (Å²) in [6.45, 7) is 1.14. The first-order valence-corrected chi connectivity index (χ1v) is 6.27. The van der Waals surface area contributed by atoms with E-state index in [1.54, 1.807) is 0 Å². The number of hydrogen-bond acceptors (Lipinski definition) is 3. The van der Waals surface area contributed by atoms with E-state index < -0.39 is 0 Å². The van der Waals surface area contributed by atoms with E-state index in [1.807, 2.05) is 36.4 Å². The summed E-state index contributed by atoms with van der Waals surface area (Å²) < 4.78 is 2.10. The fourth-order valence-electron chi connectivity index (χ4n) is 2.35. The van der Waals surface area contributed by atoms with Gasteiger partial charge in [0.05, 0.1) is 23.3 Å². The first kappa shape index (κ1) is 11.7. The number of fused-ring (bicyclic) bond motifs is 1. The molecule has 0 saturated heterocycles. The van der Waals surface area contributed by atoms with E-state index in [1.165, 1.54) is 5.56 Å². The minimum atomic E-state index is 0.404. The number of anilines is 1. The van der Waals surface area contributed by atoms with Gasteiger partial charge in [-0.05, 0) is 17.7 Å². The first-order valence-electron chi connectivity index (χ1n) is 6.27. The molecule has 19 heavy (non-hydrogen) atoms. The van der Waals surface area contributed by atoms with Gasteiger partial charge in [-0.1, -0.05) is 36.4 Å². The highest BCUT2D eigenvalue weighted by Gasteiger charge is 2.11. The number of imidazole rings is 1. The van der Waals surface area contributed by atoms with Gasteiger partial charge in [-0.25, -0.2) is 4.98 Å². The number of para-hydroxylation sites is 1. The maximum Gasteiger partial charge on any atom is 0.124 e. The summed E-state index contributed by atoms with van der Waals surface area (Å²) in [7, 11) is 0. The normalized spacial score (nSPS) is 11.0. The highest BCUT2D eigenvalue weighted by molar-refractivity contribution is 5.87. The van der Waals surface area contributed by atoms with Crippen LogP contribution in [0, 0.1) is 0 Å². The lowest BCUT2D eigenvalue weighted by Crippen LogP contribution is -2.10. The standard InChI is InChI=1S/C15H16N4/c16-9-14-18-13-8-4-7-12(17)15(13)19(14)10-11-5-2-1-3-6-11/h1-8H,9-10,16-17H2. The molecule has 0 amide bonds. The fraction of sp³-hybridized carbons (Fsp3) is 0.133. The third kappa shape index (κ3) is 2.06. The van der Waals surface area contributed by atoms with Crippen molar-refractivity contribution in [3.05, 3.63) is 59.9 Å². The van der Waals surface area contributed by atoms with Crippen molar-refractivity contribution >= 4 is 16.7 Å². The lowest BCUT2D eigenvalue weighted by Gasteiger charge is -2.09. The second-order valence-corrected chi connectivity index (χ2v) is 4.52. The van der Waals surface area contributed by atoms with Crippen molar-refractivity contribution in [3.8, 4) is 0 Å². The summed E-state index contributed by atoms with van der Waals surface area (Å²) in [6.07, 6.45) is 0. The van der Waals surface area contributed by atoms with E-state index in [2.05, 4.69) is 21.7 Å². The molecule has 0 unspecified atom stereocenters. The second kappa shape index (κ2) is 4.74. The largest absolute Gasteiger partial charge is 0.397 e. The zero-order valence-corrected chi connectivity index (χ0v) is 10.6. The van der Waals surface area contributed by atoms with Crippen molar-refractivity contribution < 1.29 is 0 Å². The molecule has 1 aromatic heterocycles. The van der Waals surface area contributed by atoms with Gasteiger partial charge in [-0.3, -0.25) is 0 Å². The van der Waals surface area contributed by atoms with E-state index in [0.29, 0.717) is 6.54 Å². The third-order valence-corrected chi connectivity index (χ3v) is 3.24. The van der Waals surface area contributed by atoms with Crippen LogP contribution in [0.5, 0.6) is 0 Å². The molecule has 4 nitrogen and oxygen atoms in total. The van der Waals surface area contributed by atoms with Crippen LogP contribution in [0.1, 0.15) is 11.4 Å². The van der Waals surface area contributed by atoms with Crippen molar-refractivity contribution in [3.63, 3.8) is 0 Å². The van der Waals surface area contributed by atoms with Crippen LogP contribution in [0.15, 0.2) is 48.5 Å². The first-order chi connectivity index (χ1) is 9.29. The molecule has 4 heteroatoms. The summed E-state index contributed by atoms with van der Waals surface area (Å²) in [4.78, 5) is 4.55. The van der Waals surface area contributed by atoms with Crippen LogP contribution in [-0.2, 0) is 13.1 Å². The highest BCUT2D eigenvalue weighted by Crippen LogP contribution is 2.23. The lowest BCUT2D eigenvalue weighted by molar-refractivity contribution is 0.744. The molecule has 3 rings (SSSR count). The number of rotatable bonds is 3. The Kier molecular flexibility index (Phi) is 2.93. The average Bonchev–Trinajstić information content (AvgIpc) is 2.79. The molecule has 0 spiro atoms. The SMILES string of the molecule is NCc1nc2cccc(N)c2n1Cc1ccccc1. The minimum absolute atomic E-state index is 0.404. The Labute approximate surface area is 111 Å². The minimum Gasteiger partial charge on any atom is -0.397 e. The molecule has 0 aliphatic heterocycles. The van der Waals surface area contributed by atoms with Crippen LogP contribution in [0.3, 0.4) is 0 Å². The monoisotopic (exact) mass is 252 g/mol. The molecule has 96 valence electrons. The average molecular weight is 252 g/mol. The smallest absolute Gasteiger partial charge is 0.124 e. The summed E-state index contributed by atoms with van der Waals surface area (Å²) in [5, 5.41) is 0. The van der Waals surface area contributed by atoms with E-state index in [9.17, 15) is 0 Å². The molecule has 0 radical (unpaired) electrons. The Morgan fingerprint density at radius 1 is 1.00 bits per heavy atom. The maximum atomic E-state index is 6.08. The van der Waals surface area contributed by atoms with Crippen LogP contribution >= 0.6 is 0 Å². The Hall–Kier alpha value is -2.33. The summed E-state index contributed by atoms with van der Waals surface area (Å²) in [6, 6.07) is 16.0. The van der Waals surface area contributed by atoms with Crippen LogP contribution in [-0.4, -0.2) is 9.55 Å². The zero-order valence-electron chi connectivity index (χ0n) is 10.6. The molecule has 0 aliphatic rings. The number of nitrogens with zero attached hydrogens (tertiary/aromatic N) is 2. The van der Waals surface area contributed by atoms with E-state index >= 15 is 0 Å². The van der Waals surface area contributed by atoms with E-state index in [-0.39, 0.29) is 0 Å². The topological polar surface area (TPSA) is 69.9 Å². The van der Waals surface area contributed by atoms with Gasteiger partial charge in [0.25, 0.3) is 0 Å². The summed E-state index contributed by atoms with van der Waals surface area (Å²) >= 11 is 0. The van der Waals surface area contributed by atoms with Crippen molar-refractivity contribution in [2.45, 2.75) is 13.1 Å². The molecule has 0 atom stereocenters. The molecule has 0 fully saturated rings. The molecule has 0 bridgehead atoms. The molecular weight excluding hydrogens is 236 g/mol. The van der Waals surface area contributed by atoms with Gasteiger partial charge < -0.3 is 16.0 Å². The summed E-state index contributed by atoms with van der Waals surface area (Å²) in [5.41, 5.74) is 15.7. The fourth-order valence-corrected chi connectivity index (χ4v) is 2.35. The van der Waals surface area contributed by atoms with E-state index in [4.69, 9.17) is 11.5 Å². The Bertz CT molecular complexity index is 701. The highest BCUT2D eigenvalue weighted by atomic mass is 15.1. The Morgan fingerprint density at radius 3 is 2.53 bits per heavy atom. The summed E-state index contributed by atoms with van der Waals surface area (Å²) in [5.74, 6) is 0.858. The van der Waals surface area contributed by atoms with Gasteiger partial charge in [-0.15, -0.1) is 0 Å². The van der Waals surface area contributed by atoms with Crippen LogP contribution < -0.4 is 11.5 Å². The van der Waals surface area contributed by atoms with Crippen LogP contribution in [0.4, 0.5) is 5.69 Å². The number of nitrogens with two attached hydrogens (primary N) is 2. The predicted molar refractivity (Wildman–Crippen MR) is 77.6 cm³/mol. The number of hydrogen-bond donors (Lipinski definition) is 2. The number of benzene rings is 2. The van der Waals surface area contributed by atoms with Crippen molar-refractivity contribution in [2.24, 2.45) is 5.73 Å². The van der Waals surface area contributed by atoms with Crippen molar-refractivity contribution in [2.75, 3.05) is 5.73 Å². The Balaban J connectivity index is 2.16. The van der Waals surface area contributed by atoms with Gasteiger partial charge in [0, 0.05) is 6.54 Å². The zero-order chi connectivity index (χ0) is 13.2. The molecule has 1 heterocycles. The number of aromatic nitrogens is 2. The molecular formula is C15H16N4. The van der Waals surface area contributed by atoms with Crippen LogP contribution in [0.25, 0.3) is 11.0 Å². The molecule has 3 aromatic rings.